The lowest BCUT2D eigenvalue weighted by Gasteiger charge is -1.98. The second kappa shape index (κ2) is 9.32. The Balaban J connectivity index is 2.32. The van der Waals surface area contributed by atoms with E-state index in [1.165, 1.54) is 11.1 Å². The Bertz CT molecular complexity index is 426. The maximum Gasteiger partial charge on any atom is 0.133 e. The van der Waals surface area contributed by atoms with Crippen molar-refractivity contribution in [3.8, 4) is 0 Å². The summed E-state index contributed by atoms with van der Waals surface area (Å²) in [5.74, 6) is 0.385. The molecule has 0 fully saturated rings. The fourth-order valence-electron chi connectivity index (χ4n) is 1.85. The van der Waals surface area contributed by atoms with Crippen LogP contribution in [-0.2, 0) is 4.79 Å². The number of Topliss-reactive ketones (excluding diaryl/α,β-unsaturated/α-hetero) is 1. The summed E-state index contributed by atoms with van der Waals surface area (Å²) < 4.78 is 0. The quantitative estimate of drug-likeness (QED) is 0.585. The predicted molar refractivity (Wildman–Crippen MR) is 83.0 cm³/mol. The highest BCUT2D eigenvalue weighted by atomic mass is 16.1. The van der Waals surface area contributed by atoms with Crippen molar-refractivity contribution in [2.75, 3.05) is 0 Å². The molecule has 1 rings (SSSR count). The first-order valence-electron chi connectivity index (χ1n) is 7.14. The van der Waals surface area contributed by atoms with Crippen LogP contribution in [0.4, 0.5) is 0 Å². The molecule has 0 atom stereocenters. The number of benzene rings is 1. The molecule has 0 amide bonds. The average molecular weight is 256 g/mol. The van der Waals surface area contributed by atoms with Crippen LogP contribution in [0.3, 0.4) is 0 Å². The lowest BCUT2D eigenvalue weighted by molar-refractivity contribution is -0.119. The van der Waals surface area contributed by atoms with Gasteiger partial charge in [0.05, 0.1) is 0 Å². The molecule has 0 saturated carbocycles. The number of carbonyl (C=O) groups excluding carboxylic acids is 1. The van der Waals surface area contributed by atoms with Gasteiger partial charge in [0.15, 0.2) is 0 Å². The molecular weight excluding hydrogens is 232 g/mol. The van der Waals surface area contributed by atoms with Gasteiger partial charge in [0.2, 0.25) is 0 Å². The Morgan fingerprint density at radius 3 is 2.58 bits per heavy atom. The van der Waals surface area contributed by atoms with Gasteiger partial charge < -0.3 is 0 Å². The van der Waals surface area contributed by atoms with Gasteiger partial charge in [-0.05, 0) is 30.9 Å². The minimum atomic E-state index is 0.385. The van der Waals surface area contributed by atoms with Gasteiger partial charge in [0, 0.05) is 12.8 Å². The van der Waals surface area contributed by atoms with Crippen molar-refractivity contribution in [1.82, 2.24) is 0 Å². The fraction of sp³-hybridized carbons (Fsp3) is 0.389. The molecule has 1 heteroatoms. The summed E-state index contributed by atoms with van der Waals surface area (Å²) in [5.41, 5.74) is 2.49. The maximum atomic E-state index is 11.5. The molecule has 0 aromatic heterocycles. The smallest absolute Gasteiger partial charge is 0.133 e. The number of ketones is 1. The number of carbonyl (C=O) groups is 1. The van der Waals surface area contributed by atoms with Crippen LogP contribution in [0, 0.1) is 0 Å². The molecule has 0 spiro atoms. The summed E-state index contributed by atoms with van der Waals surface area (Å²) in [5, 5.41) is 0. The van der Waals surface area contributed by atoms with Crippen molar-refractivity contribution in [2.24, 2.45) is 0 Å². The van der Waals surface area contributed by atoms with Gasteiger partial charge in [-0.1, -0.05) is 61.9 Å². The van der Waals surface area contributed by atoms with Gasteiger partial charge >= 0.3 is 0 Å². The molecule has 0 aliphatic rings. The second-order valence-corrected chi connectivity index (χ2v) is 4.82. The van der Waals surface area contributed by atoms with Gasteiger partial charge in [0.25, 0.3) is 0 Å². The van der Waals surface area contributed by atoms with Crippen molar-refractivity contribution in [1.29, 1.82) is 0 Å². The zero-order valence-corrected chi connectivity index (χ0v) is 12.1. The monoisotopic (exact) mass is 256 g/mol. The Morgan fingerprint density at radius 2 is 1.89 bits per heavy atom. The first-order valence-corrected chi connectivity index (χ1v) is 7.14. The summed E-state index contributed by atoms with van der Waals surface area (Å²) in [6.07, 6.45) is 10.6. The molecule has 0 unspecified atom stereocenters. The standard InChI is InChI=1S/C18H24O/c1-3-4-14-18(19)15-10-5-7-11-16(2)17-12-8-6-9-13-17/h5-9,11-13H,3-4,10,14-15H2,1-2H3/b7-5-,16-11-. The van der Waals surface area contributed by atoms with Crippen LogP contribution in [0.15, 0.2) is 48.6 Å². The molecule has 0 radical (unpaired) electrons. The van der Waals surface area contributed by atoms with E-state index in [0.717, 1.165) is 25.7 Å². The molecular formula is C18H24O. The lowest BCUT2D eigenvalue weighted by atomic mass is 10.1. The van der Waals surface area contributed by atoms with Crippen LogP contribution in [-0.4, -0.2) is 5.78 Å². The van der Waals surface area contributed by atoms with Gasteiger partial charge in [-0.3, -0.25) is 4.79 Å². The molecule has 1 nitrogen and oxygen atoms in total. The molecule has 0 N–H and O–H groups in total. The highest BCUT2D eigenvalue weighted by Crippen LogP contribution is 2.12. The van der Waals surface area contributed by atoms with Gasteiger partial charge in [-0.2, -0.15) is 0 Å². The van der Waals surface area contributed by atoms with Crippen molar-refractivity contribution >= 4 is 11.4 Å². The Kier molecular flexibility index (Phi) is 7.57. The van der Waals surface area contributed by atoms with E-state index < -0.39 is 0 Å². The summed E-state index contributed by atoms with van der Waals surface area (Å²) in [6, 6.07) is 10.3. The third-order valence-electron chi connectivity index (χ3n) is 3.11. The number of allylic oxidation sites excluding steroid dienone is 4. The largest absolute Gasteiger partial charge is 0.300 e. The molecule has 102 valence electrons. The van der Waals surface area contributed by atoms with E-state index in [-0.39, 0.29) is 0 Å². The van der Waals surface area contributed by atoms with Crippen LogP contribution >= 0.6 is 0 Å². The third-order valence-corrected chi connectivity index (χ3v) is 3.11. The van der Waals surface area contributed by atoms with E-state index >= 15 is 0 Å². The molecule has 1 aromatic carbocycles. The minimum Gasteiger partial charge on any atom is -0.300 e. The highest BCUT2D eigenvalue weighted by molar-refractivity contribution is 5.78. The lowest BCUT2D eigenvalue weighted by Crippen LogP contribution is -1.95. The van der Waals surface area contributed by atoms with Crippen molar-refractivity contribution in [3.63, 3.8) is 0 Å². The SMILES string of the molecule is CCCCC(=O)CC/C=C\C=C(\C)c1ccccc1. The molecule has 0 saturated heterocycles. The van der Waals surface area contributed by atoms with Gasteiger partial charge in [0.1, 0.15) is 5.78 Å². The molecule has 0 aliphatic heterocycles. The maximum absolute atomic E-state index is 11.5. The Labute approximate surface area is 117 Å². The van der Waals surface area contributed by atoms with E-state index in [1.54, 1.807) is 0 Å². The van der Waals surface area contributed by atoms with Crippen LogP contribution in [0.1, 0.15) is 51.5 Å². The summed E-state index contributed by atoms with van der Waals surface area (Å²) in [7, 11) is 0. The highest BCUT2D eigenvalue weighted by Gasteiger charge is 1.98. The van der Waals surface area contributed by atoms with Crippen LogP contribution < -0.4 is 0 Å². The normalized spacial score (nSPS) is 12.0. The summed E-state index contributed by atoms with van der Waals surface area (Å²) >= 11 is 0. The van der Waals surface area contributed by atoms with Crippen LogP contribution in [0.2, 0.25) is 0 Å². The number of rotatable bonds is 8. The average Bonchev–Trinajstić information content (AvgIpc) is 2.45. The first kappa shape index (κ1) is 15.4. The molecule has 0 aliphatic carbocycles. The molecule has 0 bridgehead atoms. The van der Waals surface area contributed by atoms with E-state index in [9.17, 15) is 4.79 Å². The number of hydrogen-bond acceptors (Lipinski definition) is 1. The zero-order valence-electron chi connectivity index (χ0n) is 12.1. The Morgan fingerprint density at radius 1 is 1.16 bits per heavy atom. The molecule has 19 heavy (non-hydrogen) atoms. The second-order valence-electron chi connectivity index (χ2n) is 4.82. The van der Waals surface area contributed by atoms with Crippen molar-refractivity contribution < 1.29 is 4.79 Å². The summed E-state index contributed by atoms with van der Waals surface area (Å²) in [6.45, 7) is 4.22. The molecule has 0 heterocycles. The summed E-state index contributed by atoms with van der Waals surface area (Å²) in [4.78, 5) is 11.5. The topological polar surface area (TPSA) is 17.1 Å². The van der Waals surface area contributed by atoms with E-state index in [1.807, 2.05) is 18.2 Å². The predicted octanol–water partition coefficient (Wildman–Crippen LogP) is 5.19. The zero-order chi connectivity index (χ0) is 13.9. The fourth-order valence-corrected chi connectivity index (χ4v) is 1.85. The van der Waals surface area contributed by atoms with E-state index in [4.69, 9.17) is 0 Å². The minimum absolute atomic E-state index is 0.385. The molecule has 1 aromatic rings. The van der Waals surface area contributed by atoms with E-state index in [0.29, 0.717) is 12.2 Å². The van der Waals surface area contributed by atoms with E-state index in [2.05, 4.69) is 44.2 Å². The van der Waals surface area contributed by atoms with Gasteiger partial charge in [-0.25, -0.2) is 0 Å². The van der Waals surface area contributed by atoms with Gasteiger partial charge in [-0.15, -0.1) is 0 Å². The third kappa shape index (κ3) is 6.76. The van der Waals surface area contributed by atoms with Crippen LogP contribution in [0.5, 0.6) is 0 Å². The van der Waals surface area contributed by atoms with Crippen molar-refractivity contribution in [3.05, 3.63) is 54.1 Å². The van der Waals surface area contributed by atoms with Crippen LogP contribution in [0.25, 0.3) is 5.57 Å². The first-order chi connectivity index (χ1) is 9.24. The number of hydrogen-bond donors (Lipinski definition) is 0. The number of unbranched alkanes of at least 4 members (excludes halogenated alkanes) is 1. The Hall–Kier alpha value is -1.63. The van der Waals surface area contributed by atoms with Crippen molar-refractivity contribution in [2.45, 2.75) is 46.0 Å².